The first kappa shape index (κ1) is 16.9. The summed E-state index contributed by atoms with van der Waals surface area (Å²) in [5.41, 5.74) is 6.11. The number of phenols is 1. The highest BCUT2D eigenvalue weighted by atomic mass is 16.3. The van der Waals surface area contributed by atoms with E-state index in [4.69, 9.17) is 0 Å². The van der Waals surface area contributed by atoms with Crippen molar-refractivity contribution in [1.82, 2.24) is 9.47 Å². The van der Waals surface area contributed by atoms with Gasteiger partial charge in [0.1, 0.15) is 5.75 Å². The second-order valence-corrected chi connectivity index (χ2v) is 7.40. The molecule has 1 N–H and O–H groups in total. The maximum absolute atomic E-state index is 10.4. The zero-order valence-corrected chi connectivity index (χ0v) is 15.5. The van der Waals surface area contributed by atoms with Crippen LogP contribution in [0, 0.1) is 13.8 Å². The van der Waals surface area contributed by atoms with Gasteiger partial charge in [0.05, 0.1) is 6.04 Å². The lowest BCUT2D eigenvalue weighted by Crippen LogP contribution is -2.29. The van der Waals surface area contributed by atoms with E-state index in [0.29, 0.717) is 5.75 Å². The summed E-state index contributed by atoms with van der Waals surface area (Å²) in [7, 11) is 0. The molecule has 2 heterocycles. The summed E-state index contributed by atoms with van der Waals surface area (Å²) in [6, 6.07) is 19.3. The molecule has 3 nitrogen and oxygen atoms in total. The van der Waals surface area contributed by atoms with Gasteiger partial charge in [0.25, 0.3) is 0 Å². The summed E-state index contributed by atoms with van der Waals surface area (Å²) in [4.78, 5) is 2.50. The number of hydrogen-bond acceptors (Lipinski definition) is 2. The average molecular weight is 346 g/mol. The van der Waals surface area contributed by atoms with Crippen molar-refractivity contribution in [3.05, 3.63) is 88.7 Å². The summed E-state index contributed by atoms with van der Waals surface area (Å²) in [5.74, 6) is 0.387. The van der Waals surface area contributed by atoms with Gasteiger partial charge in [-0.05, 0) is 44.0 Å². The highest BCUT2D eigenvalue weighted by molar-refractivity contribution is 5.37. The van der Waals surface area contributed by atoms with Crippen molar-refractivity contribution in [2.24, 2.45) is 0 Å². The molecule has 0 spiro atoms. The maximum atomic E-state index is 10.4. The van der Waals surface area contributed by atoms with E-state index in [1.165, 1.54) is 22.4 Å². The second-order valence-electron chi connectivity index (χ2n) is 7.40. The molecular formula is C23H26N2O. The third-order valence-corrected chi connectivity index (χ3v) is 5.36. The molecule has 1 aromatic heterocycles. The predicted octanol–water partition coefficient (Wildman–Crippen LogP) is 4.81. The summed E-state index contributed by atoms with van der Waals surface area (Å²) in [5, 5.41) is 10.4. The number of fused-ring (bicyclic) bond motifs is 1. The fourth-order valence-electron chi connectivity index (χ4n) is 4.00. The van der Waals surface area contributed by atoms with E-state index in [2.05, 4.69) is 72.0 Å². The molecule has 1 aliphatic heterocycles. The number of aromatic hydroxyl groups is 1. The van der Waals surface area contributed by atoms with Crippen LogP contribution in [0.25, 0.3) is 0 Å². The van der Waals surface area contributed by atoms with Gasteiger partial charge in [-0.1, -0.05) is 47.5 Å². The highest BCUT2D eigenvalue weighted by Gasteiger charge is 2.27. The number of hydrogen-bond donors (Lipinski definition) is 1. The fraction of sp³-hybridized carbons (Fsp3) is 0.304. The Bertz CT molecular complexity index is 895. The van der Waals surface area contributed by atoms with E-state index >= 15 is 0 Å². The fourth-order valence-corrected chi connectivity index (χ4v) is 4.00. The van der Waals surface area contributed by atoms with Crippen LogP contribution >= 0.6 is 0 Å². The maximum Gasteiger partial charge on any atom is 0.120 e. The molecule has 0 radical (unpaired) electrons. The van der Waals surface area contributed by atoms with Gasteiger partial charge in [-0.2, -0.15) is 0 Å². The van der Waals surface area contributed by atoms with Crippen LogP contribution < -0.4 is 0 Å². The monoisotopic (exact) mass is 346 g/mol. The number of aryl methyl sites for hydroxylation is 3. The molecule has 0 bridgehead atoms. The quantitative estimate of drug-likeness (QED) is 0.737. The lowest BCUT2D eigenvalue weighted by atomic mass is 9.99. The van der Waals surface area contributed by atoms with Crippen molar-refractivity contribution in [2.45, 2.75) is 39.4 Å². The van der Waals surface area contributed by atoms with Crippen LogP contribution in [0.1, 0.15) is 40.4 Å². The lowest BCUT2D eigenvalue weighted by molar-refractivity contribution is 0.217. The molecule has 3 aromatic rings. The molecule has 3 heteroatoms. The van der Waals surface area contributed by atoms with E-state index in [1.54, 1.807) is 0 Å². The molecule has 1 unspecified atom stereocenters. The standard InChI is InChI=1S/C23H26N2O/c1-17-6-9-19(10-7-17)23-21-5-3-12-24(21)13-4-14-25(23)16-20-15-18(2)8-11-22(20)26/h3,5-12,15,23,26H,4,13-14,16H2,1-2H3. The zero-order chi connectivity index (χ0) is 18.1. The Kier molecular flexibility index (Phi) is 4.56. The summed E-state index contributed by atoms with van der Waals surface area (Å²) in [6.07, 6.45) is 3.29. The van der Waals surface area contributed by atoms with Crippen molar-refractivity contribution < 1.29 is 5.11 Å². The van der Waals surface area contributed by atoms with Gasteiger partial charge in [0, 0.05) is 37.1 Å². The first-order valence-electron chi connectivity index (χ1n) is 9.36. The third-order valence-electron chi connectivity index (χ3n) is 5.36. The number of rotatable bonds is 3. The van der Waals surface area contributed by atoms with E-state index < -0.39 is 0 Å². The van der Waals surface area contributed by atoms with Gasteiger partial charge in [0.2, 0.25) is 0 Å². The molecule has 1 aliphatic rings. The van der Waals surface area contributed by atoms with Crippen LogP contribution in [0.4, 0.5) is 0 Å². The molecule has 2 aromatic carbocycles. The Morgan fingerprint density at radius 1 is 0.962 bits per heavy atom. The smallest absolute Gasteiger partial charge is 0.120 e. The molecule has 0 saturated heterocycles. The molecule has 134 valence electrons. The van der Waals surface area contributed by atoms with Gasteiger partial charge >= 0.3 is 0 Å². The molecule has 0 amide bonds. The van der Waals surface area contributed by atoms with E-state index in [1.807, 2.05) is 12.1 Å². The molecule has 0 saturated carbocycles. The third kappa shape index (κ3) is 3.27. The summed E-state index contributed by atoms with van der Waals surface area (Å²) >= 11 is 0. The Morgan fingerprint density at radius 2 is 1.73 bits per heavy atom. The topological polar surface area (TPSA) is 28.4 Å². The van der Waals surface area contributed by atoms with Crippen LogP contribution in [0.2, 0.25) is 0 Å². The number of aromatic nitrogens is 1. The molecule has 26 heavy (non-hydrogen) atoms. The van der Waals surface area contributed by atoms with Crippen LogP contribution in [0.5, 0.6) is 5.75 Å². The molecule has 0 aliphatic carbocycles. The van der Waals surface area contributed by atoms with Crippen LogP contribution in [0.3, 0.4) is 0 Å². The molecule has 4 rings (SSSR count). The molecule has 1 atom stereocenters. The SMILES string of the molecule is Cc1ccc(C2c3cccn3CCCN2Cc2cc(C)ccc2O)cc1. The van der Waals surface area contributed by atoms with E-state index in [0.717, 1.165) is 31.6 Å². The number of nitrogens with zero attached hydrogens (tertiary/aromatic N) is 2. The predicted molar refractivity (Wildman–Crippen MR) is 105 cm³/mol. The van der Waals surface area contributed by atoms with Gasteiger partial charge in [-0.3, -0.25) is 4.90 Å². The minimum atomic E-state index is 0.202. The van der Waals surface area contributed by atoms with Crippen LogP contribution in [-0.2, 0) is 13.1 Å². The van der Waals surface area contributed by atoms with Gasteiger partial charge in [0.15, 0.2) is 0 Å². The largest absolute Gasteiger partial charge is 0.508 e. The zero-order valence-electron chi connectivity index (χ0n) is 15.5. The first-order chi connectivity index (χ1) is 12.6. The lowest BCUT2D eigenvalue weighted by Gasteiger charge is -2.31. The average Bonchev–Trinajstić information content (AvgIpc) is 3.01. The number of phenolic OH excluding ortho intramolecular Hbond substituents is 1. The van der Waals surface area contributed by atoms with Crippen LogP contribution in [-0.4, -0.2) is 21.1 Å². The van der Waals surface area contributed by atoms with Gasteiger partial charge in [-0.15, -0.1) is 0 Å². The Morgan fingerprint density at radius 3 is 2.54 bits per heavy atom. The normalized spacial score (nSPS) is 17.7. The van der Waals surface area contributed by atoms with Gasteiger partial charge < -0.3 is 9.67 Å². The Hall–Kier alpha value is -2.52. The molecular weight excluding hydrogens is 320 g/mol. The van der Waals surface area contributed by atoms with Crippen molar-refractivity contribution in [3.8, 4) is 5.75 Å². The minimum Gasteiger partial charge on any atom is -0.508 e. The first-order valence-corrected chi connectivity index (χ1v) is 9.36. The number of benzene rings is 2. The van der Waals surface area contributed by atoms with Crippen LogP contribution in [0.15, 0.2) is 60.8 Å². The van der Waals surface area contributed by atoms with E-state index in [-0.39, 0.29) is 6.04 Å². The highest BCUT2D eigenvalue weighted by Crippen LogP contribution is 2.34. The van der Waals surface area contributed by atoms with Crippen molar-refractivity contribution in [3.63, 3.8) is 0 Å². The summed E-state index contributed by atoms with van der Waals surface area (Å²) in [6.45, 7) is 7.00. The van der Waals surface area contributed by atoms with Crippen molar-refractivity contribution >= 4 is 0 Å². The van der Waals surface area contributed by atoms with E-state index in [9.17, 15) is 5.11 Å². The molecule has 0 fully saturated rings. The minimum absolute atomic E-state index is 0.202. The Labute approximate surface area is 155 Å². The summed E-state index contributed by atoms with van der Waals surface area (Å²) < 4.78 is 2.38. The van der Waals surface area contributed by atoms with Crippen molar-refractivity contribution in [2.75, 3.05) is 6.54 Å². The Balaban J connectivity index is 1.75. The van der Waals surface area contributed by atoms with Gasteiger partial charge in [-0.25, -0.2) is 0 Å². The second kappa shape index (κ2) is 7.00. The van der Waals surface area contributed by atoms with Crippen molar-refractivity contribution in [1.29, 1.82) is 0 Å².